The molecule has 2 rings (SSSR count). The smallest absolute Gasteiger partial charge is 0.260 e. The van der Waals surface area contributed by atoms with Crippen LogP contribution in [0.4, 0.5) is 0 Å². The molecule has 94 valence electrons. The molecule has 6 nitrogen and oxygen atoms in total. The van der Waals surface area contributed by atoms with Gasteiger partial charge in [-0.15, -0.1) is 0 Å². The quantitative estimate of drug-likeness (QED) is 0.762. The lowest BCUT2D eigenvalue weighted by Crippen LogP contribution is -2.43. The summed E-state index contributed by atoms with van der Waals surface area (Å²) in [6, 6.07) is 5.21. The highest BCUT2D eigenvalue weighted by atomic mass is 16.5. The normalized spacial score (nSPS) is 14.9. The molecule has 6 heteroatoms. The molecule has 0 saturated carbocycles. The van der Waals surface area contributed by atoms with Crippen molar-refractivity contribution >= 4 is 5.91 Å². The first kappa shape index (κ1) is 12.3. The van der Waals surface area contributed by atoms with Gasteiger partial charge in [0.05, 0.1) is 13.2 Å². The molecule has 1 aromatic rings. The lowest BCUT2D eigenvalue weighted by molar-refractivity contribution is -0.137. The van der Waals surface area contributed by atoms with Crippen LogP contribution in [0.5, 0.6) is 5.88 Å². The Kier molecular flexibility index (Phi) is 4.10. The number of amides is 1. The summed E-state index contributed by atoms with van der Waals surface area (Å²) in [6.45, 7) is 2.16. The van der Waals surface area contributed by atoms with Crippen molar-refractivity contribution in [1.82, 2.24) is 9.88 Å². The molecular formula is C12H13N3O3. The number of hydrogen-bond acceptors (Lipinski definition) is 5. The average Bonchev–Trinajstić information content (AvgIpc) is 2.46. The summed E-state index contributed by atoms with van der Waals surface area (Å²) in [7, 11) is 0. The minimum absolute atomic E-state index is 0.105. The van der Waals surface area contributed by atoms with Crippen molar-refractivity contribution < 1.29 is 14.3 Å². The highest BCUT2D eigenvalue weighted by Crippen LogP contribution is 2.12. The molecule has 0 bridgehead atoms. The number of aromatic nitrogens is 1. The van der Waals surface area contributed by atoms with E-state index in [2.05, 4.69) is 4.98 Å². The predicted molar refractivity (Wildman–Crippen MR) is 61.8 cm³/mol. The van der Waals surface area contributed by atoms with Gasteiger partial charge in [-0.1, -0.05) is 0 Å². The van der Waals surface area contributed by atoms with Gasteiger partial charge in [-0.3, -0.25) is 4.79 Å². The monoisotopic (exact) mass is 247 g/mol. The summed E-state index contributed by atoms with van der Waals surface area (Å²) >= 11 is 0. The van der Waals surface area contributed by atoms with Crippen LogP contribution in [0.25, 0.3) is 0 Å². The minimum Gasteiger partial charge on any atom is -0.467 e. The topological polar surface area (TPSA) is 75.5 Å². The standard InChI is InChI=1S/C12H13N3O3/c13-8-10-2-1-3-14-12(10)18-9-11(16)15-4-6-17-7-5-15/h1-3H,4-7,9H2. The van der Waals surface area contributed by atoms with Gasteiger partial charge < -0.3 is 14.4 Å². The summed E-state index contributed by atoms with van der Waals surface area (Å²) < 4.78 is 10.4. The van der Waals surface area contributed by atoms with E-state index in [4.69, 9.17) is 14.7 Å². The average molecular weight is 247 g/mol. The molecule has 0 N–H and O–H groups in total. The Hall–Kier alpha value is -2.13. The second kappa shape index (κ2) is 5.98. The van der Waals surface area contributed by atoms with E-state index in [0.717, 1.165) is 0 Å². The van der Waals surface area contributed by atoms with Crippen LogP contribution in [0, 0.1) is 11.3 Å². The first-order valence-corrected chi connectivity index (χ1v) is 5.64. The molecule has 1 aromatic heterocycles. The lowest BCUT2D eigenvalue weighted by atomic mass is 10.3. The Balaban J connectivity index is 1.91. The second-order valence-corrected chi connectivity index (χ2v) is 3.75. The third-order valence-corrected chi connectivity index (χ3v) is 2.59. The molecule has 1 amide bonds. The fourth-order valence-electron chi connectivity index (χ4n) is 1.63. The summed E-state index contributed by atoms with van der Waals surface area (Å²) in [5.74, 6) is 0.0782. The zero-order valence-corrected chi connectivity index (χ0v) is 9.83. The van der Waals surface area contributed by atoms with E-state index in [1.165, 1.54) is 6.20 Å². The van der Waals surface area contributed by atoms with Crippen LogP contribution in [-0.2, 0) is 9.53 Å². The zero-order chi connectivity index (χ0) is 12.8. The van der Waals surface area contributed by atoms with E-state index < -0.39 is 0 Å². The van der Waals surface area contributed by atoms with Crippen LogP contribution < -0.4 is 4.74 Å². The number of pyridine rings is 1. The number of carbonyl (C=O) groups is 1. The number of nitrogens with zero attached hydrogens (tertiary/aromatic N) is 3. The van der Waals surface area contributed by atoms with Gasteiger partial charge in [0, 0.05) is 19.3 Å². The fourth-order valence-corrected chi connectivity index (χ4v) is 1.63. The molecule has 0 aliphatic carbocycles. The van der Waals surface area contributed by atoms with Crippen LogP contribution in [0.1, 0.15) is 5.56 Å². The van der Waals surface area contributed by atoms with E-state index in [-0.39, 0.29) is 18.4 Å². The molecule has 0 atom stereocenters. The van der Waals surface area contributed by atoms with Crippen LogP contribution in [0.3, 0.4) is 0 Å². The molecule has 0 spiro atoms. The summed E-state index contributed by atoms with van der Waals surface area (Å²) in [5.41, 5.74) is 0.326. The van der Waals surface area contributed by atoms with E-state index in [1.807, 2.05) is 6.07 Å². The second-order valence-electron chi connectivity index (χ2n) is 3.75. The van der Waals surface area contributed by atoms with Crippen LogP contribution in [-0.4, -0.2) is 48.7 Å². The van der Waals surface area contributed by atoms with E-state index >= 15 is 0 Å². The fraction of sp³-hybridized carbons (Fsp3) is 0.417. The number of ether oxygens (including phenoxy) is 2. The maximum absolute atomic E-state index is 11.8. The molecule has 0 unspecified atom stereocenters. The maximum atomic E-state index is 11.8. The molecule has 1 fully saturated rings. The number of hydrogen-bond donors (Lipinski definition) is 0. The minimum atomic E-state index is -0.118. The van der Waals surface area contributed by atoms with Gasteiger partial charge in [0.15, 0.2) is 6.61 Å². The van der Waals surface area contributed by atoms with Crippen LogP contribution >= 0.6 is 0 Å². The molecule has 0 aromatic carbocycles. The Morgan fingerprint density at radius 2 is 2.33 bits per heavy atom. The molecule has 0 radical (unpaired) electrons. The maximum Gasteiger partial charge on any atom is 0.260 e. The van der Waals surface area contributed by atoms with Gasteiger partial charge in [0.25, 0.3) is 5.91 Å². The first-order chi connectivity index (χ1) is 8.81. The largest absolute Gasteiger partial charge is 0.467 e. The van der Waals surface area contributed by atoms with Crippen molar-refractivity contribution in [1.29, 1.82) is 5.26 Å². The number of carbonyl (C=O) groups excluding carboxylic acids is 1. The lowest BCUT2D eigenvalue weighted by Gasteiger charge is -2.26. The first-order valence-electron chi connectivity index (χ1n) is 5.64. The SMILES string of the molecule is N#Cc1cccnc1OCC(=O)N1CCOCC1. The number of rotatable bonds is 3. The molecule has 1 aliphatic heterocycles. The highest BCUT2D eigenvalue weighted by Gasteiger charge is 2.17. The Labute approximate surface area is 105 Å². The van der Waals surface area contributed by atoms with E-state index in [9.17, 15) is 4.79 Å². The molecule has 1 saturated heterocycles. The third-order valence-electron chi connectivity index (χ3n) is 2.59. The van der Waals surface area contributed by atoms with Crippen LogP contribution in [0.2, 0.25) is 0 Å². The van der Waals surface area contributed by atoms with E-state index in [1.54, 1.807) is 17.0 Å². The van der Waals surface area contributed by atoms with Gasteiger partial charge in [-0.2, -0.15) is 5.26 Å². The van der Waals surface area contributed by atoms with E-state index in [0.29, 0.717) is 31.9 Å². The number of morpholine rings is 1. The van der Waals surface area contributed by atoms with Crippen molar-refractivity contribution in [3.63, 3.8) is 0 Å². The molecule has 2 heterocycles. The van der Waals surface area contributed by atoms with Crippen molar-refractivity contribution in [2.75, 3.05) is 32.9 Å². The summed E-state index contributed by atoms with van der Waals surface area (Å²) in [6.07, 6.45) is 1.52. The van der Waals surface area contributed by atoms with Gasteiger partial charge in [0.1, 0.15) is 11.6 Å². The Morgan fingerprint density at radius 1 is 1.56 bits per heavy atom. The van der Waals surface area contributed by atoms with Crippen molar-refractivity contribution in [3.8, 4) is 11.9 Å². The van der Waals surface area contributed by atoms with Crippen molar-refractivity contribution in [2.24, 2.45) is 0 Å². The summed E-state index contributed by atoms with van der Waals surface area (Å²) in [5, 5.41) is 8.85. The van der Waals surface area contributed by atoms with Gasteiger partial charge in [-0.25, -0.2) is 4.98 Å². The molecule has 1 aliphatic rings. The highest BCUT2D eigenvalue weighted by molar-refractivity contribution is 5.77. The van der Waals surface area contributed by atoms with Gasteiger partial charge >= 0.3 is 0 Å². The third kappa shape index (κ3) is 2.96. The van der Waals surface area contributed by atoms with Crippen molar-refractivity contribution in [3.05, 3.63) is 23.9 Å². The number of nitriles is 1. The Morgan fingerprint density at radius 3 is 3.06 bits per heavy atom. The zero-order valence-electron chi connectivity index (χ0n) is 9.83. The van der Waals surface area contributed by atoms with Crippen LogP contribution in [0.15, 0.2) is 18.3 Å². The predicted octanol–water partition coefficient (Wildman–Crippen LogP) is 0.191. The Bertz CT molecular complexity index is 464. The van der Waals surface area contributed by atoms with Gasteiger partial charge in [0.2, 0.25) is 5.88 Å². The van der Waals surface area contributed by atoms with Crippen molar-refractivity contribution in [2.45, 2.75) is 0 Å². The molecule has 18 heavy (non-hydrogen) atoms. The summed E-state index contributed by atoms with van der Waals surface area (Å²) in [4.78, 5) is 17.4. The van der Waals surface area contributed by atoms with Gasteiger partial charge in [-0.05, 0) is 12.1 Å². The molecular weight excluding hydrogens is 234 g/mol.